The number of ether oxygens (including phenoxy) is 2. The maximum absolute atomic E-state index is 11.9. The van der Waals surface area contributed by atoms with Gasteiger partial charge >= 0.3 is 5.97 Å². The van der Waals surface area contributed by atoms with E-state index in [4.69, 9.17) is 9.47 Å². The van der Waals surface area contributed by atoms with Gasteiger partial charge in [0.05, 0.1) is 25.3 Å². The lowest BCUT2D eigenvalue weighted by Gasteiger charge is -2.02. The van der Waals surface area contributed by atoms with Crippen LogP contribution in [0.2, 0.25) is 0 Å². The number of nitrogens with zero attached hydrogens (tertiary/aromatic N) is 1. The number of benzene rings is 1. The van der Waals surface area contributed by atoms with Gasteiger partial charge in [0.1, 0.15) is 5.75 Å². The van der Waals surface area contributed by atoms with Crippen molar-refractivity contribution in [2.24, 2.45) is 0 Å². The predicted molar refractivity (Wildman–Crippen MR) is 97.7 cm³/mol. The number of carbonyl (C=O) groups is 2. The summed E-state index contributed by atoms with van der Waals surface area (Å²) in [7, 11) is 0. The van der Waals surface area contributed by atoms with Gasteiger partial charge in [0.2, 0.25) is 5.91 Å². The monoisotopic (exact) mass is 360 g/mol. The van der Waals surface area contributed by atoms with Crippen LogP contribution in [0.5, 0.6) is 5.75 Å². The fraction of sp³-hybridized carbons (Fsp3) is 0.278. The van der Waals surface area contributed by atoms with Crippen molar-refractivity contribution in [1.82, 2.24) is 4.98 Å². The highest BCUT2D eigenvalue weighted by Crippen LogP contribution is 2.17. The van der Waals surface area contributed by atoms with Gasteiger partial charge in [0, 0.05) is 11.5 Å². The van der Waals surface area contributed by atoms with Crippen molar-refractivity contribution in [3.05, 3.63) is 47.0 Å². The maximum atomic E-state index is 11.9. The van der Waals surface area contributed by atoms with E-state index in [1.54, 1.807) is 18.4 Å². The van der Waals surface area contributed by atoms with Crippen LogP contribution in [0.1, 0.15) is 25.1 Å². The second kappa shape index (κ2) is 9.58. The van der Waals surface area contributed by atoms with Crippen molar-refractivity contribution < 1.29 is 19.1 Å². The molecule has 1 amide bonds. The van der Waals surface area contributed by atoms with Crippen LogP contribution < -0.4 is 10.1 Å². The Morgan fingerprint density at radius 2 is 1.96 bits per heavy atom. The number of carbonyl (C=O) groups excluding carboxylic acids is 2. The predicted octanol–water partition coefficient (Wildman–Crippen LogP) is 3.30. The third-order valence-electron chi connectivity index (χ3n) is 3.03. The smallest absolute Gasteiger partial charge is 0.311 e. The molecule has 0 bridgehead atoms. The fourth-order valence-corrected chi connectivity index (χ4v) is 2.68. The summed E-state index contributed by atoms with van der Waals surface area (Å²) in [6.45, 7) is 4.63. The molecule has 0 saturated heterocycles. The largest absolute Gasteiger partial charge is 0.494 e. The van der Waals surface area contributed by atoms with Crippen LogP contribution in [0.4, 0.5) is 5.13 Å². The van der Waals surface area contributed by atoms with E-state index in [-0.39, 0.29) is 18.3 Å². The topological polar surface area (TPSA) is 77.5 Å². The van der Waals surface area contributed by atoms with E-state index in [2.05, 4.69) is 10.3 Å². The quantitative estimate of drug-likeness (QED) is 0.577. The van der Waals surface area contributed by atoms with E-state index in [0.29, 0.717) is 24.0 Å². The van der Waals surface area contributed by atoms with Crippen LogP contribution in [-0.2, 0) is 20.7 Å². The summed E-state index contributed by atoms with van der Waals surface area (Å²) in [6.07, 6.45) is 3.24. The lowest BCUT2D eigenvalue weighted by atomic mass is 10.2. The van der Waals surface area contributed by atoms with Crippen LogP contribution in [0.3, 0.4) is 0 Å². The van der Waals surface area contributed by atoms with E-state index >= 15 is 0 Å². The number of amides is 1. The van der Waals surface area contributed by atoms with Crippen molar-refractivity contribution in [2.75, 3.05) is 18.5 Å². The Morgan fingerprint density at radius 1 is 1.20 bits per heavy atom. The molecule has 6 nitrogen and oxygen atoms in total. The second-order valence-corrected chi connectivity index (χ2v) is 5.81. The molecule has 25 heavy (non-hydrogen) atoms. The zero-order valence-electron chi connectivity index (χ0n) is 14.2. The molecule has 0 atom stereocenters. The Balaban J connectivity index is 1.87. The highest BCUT2D eigenvalue weighted by molar-refractivity contribution is 7.14. The number of anilines is 1. The summed E-state index contributed by atoms with van der Waals surface area (Å²) >= 11 is 1.27. The molecule has 2 aromatic rings. The Kier molecular flexibility index (Phi) is 7.16. The number of hydrogen-bond donors (Lipinski definition) is 1. The molecule has 2 rings (SSSR count). The average molecular weight is 360 g/mol. The summed E-state index contributed by atoms with van der Waals surface area (Å²) in [5.41, 5.74) is 1.47. The zero-order valence-corrected chi connectivity index (χ0v) is 15.0. The lowest BCUT2D eigenvalue weighted by molar-refractivity contribution is -0.142. The van der Waals surface area contributed by atoms with Crippen molar-refractivity contribution in [1.29, 1.82) is 0 Å². The van der Waals surface area contributed by atoms with E-state index in [0.717, 1.165) is 11.3 Å². The summed E-state index contributed by atoms with van der Waals surface area (Å²) in [5.74, 6) is 0.174. The Hall–Kier alpha value is -2.67. The number of thiazole rings is 1. The van der Waals surface area contributed by atoms with Crippen molar-refractivity contribution in [3.63, 3.8) is 0 Å². The molecular formula is C18H20N2O4S. The molecule has 0 radical (unpaired) electrons. The molecule has 0 spiro atoms. The minimum absolute atomic E-state index is 0.0994. The van der Waals surface area contributed by atoms with Gasteiger partial charge in [-0.3, -0.25) is 14.9 Å². The molecule has 0 aliphatic carbocycles. The first-order valence-electron chi connectivity index (χ1n) is 7.92. The van der Waals surface area contributed by atoms with Crippen LogP contribution in [-0.4, -0.2) is 30.1 Å². The molecule has 7 heteroatoms. The minimum Gasteiger partial charge on any atom is -0.494 e. The van der Waals surface area contributed by atoms with Gasteiger partial charge in [-0.15, -0.1) is 11.3 Å². The summed E-state index contributed by atoms with van der Waals surface area (Å²) < 4.78 is 10.2. The van der Waals surface area contributed by atoms with Gasteiger partial charge in [-0.1, -0.05) is 12.1 Å². The van der Waals surface area contributed by atoms with Crippen LogP contribution in [0.15, 0.2) is 35.7 Å². The Morgan fingerprint density at radius 3 is 2.64 bits per heavy atom. The Bertz CT molecular complexity index is 738. The Labute approximate surface area is 150 Å². The van der Waals surface area contributed by atoms with Gasteiger partial charge in [0.15, 0.2) is 5.13 Å². The molecule has 0 aliphatic rings. The van der Waals surface area contributed by atoms with E-state index in [9.17, 15) is 9.59 Å². The number of hydrogen-bond acceptors (Lipinski definition) is 6. The van der Waals surface area contributed by atoms with E-state index in [1.165, 1.54) is 17.4 Å². The lowest BCUT2D eigenvalue weighted by Crippen LogP contribution is -2.09. The third-order valence-corrected chi connectivity index (χ3v) is 3.84. The third kappa shape index (κ3) is 6.39. The number of esters is 1. The summed E-state index contributed by atoms with van der Waals surface area (Å²) in [6, 6.07) is 7.44. The van der Waals surface area contributed by atoms with Crippen LogP contribution in [0, 0.1) is 0 Å². The van der Waals surface area contributed by atoms with Gasteiger partial charge in [-0.25, -0.2) is 4.98 Å². The molecule has 1 N–H and O–H groups in total. The molecule has 1 aromatic carbocycles. The van der Waals surface area contributed by atoms with Crippen molar-refractivity contribution in [3.8, 4) is 5.75 Å². The van der Waals surface area contributed by atoms with Gasteiger partial charge in [-0.05, 0) is 37.6 Å². The molecule has 1 heterocycles. The molecular weight excluding hydrogens is 340 g/mol. The number of nitrogens with one attached hydrogen (secondary N) is 1. The van der Waals surface area contributed by atoms with Gasteiger partial charge in [0.25, 0.3) is 0 Å². The normalized spacial score (nSPS) is 10.6. The average Bonchev–Trinajstić information content (AvgIpc) is 3.01. The van der Waals surface area contributed by atoms with Crippen molar-refractivity contribution >= 4 is 34.4 Å². The summed E-state index contributed by atoms with van der Waals surface area (Å²) in [5, 5.41) is 4.84. The molecule has 0 aliphatic heterocycles. The number of aromatic nitrogens is 1. The van der Waals surface area contributed by atoms with Crippen LogP contribution >= 0.6 is 11.3 Å². The standard InChI is InChI=1S/C18H20N2O4S/c1-3-23-15-8-5-13(6-9-15)7-10-16(21)20-18-19-14(12-25-18)11-17(22)24-4-2/h5-10,12H,3-4,11H2,1-2H3,(H,19,20,21)/b10-7+. The van der Waals surface area contributed by atoms with Crippen LogP contribution in [0.25, 0.3) is 6.08 Å². The molecule has 1 aromatic heterocycles. The first kappa shape index (κ1) is 18.7. The second-order valence-electron chi connectivity index (χ2n) is 4.95. The highest BCUT2D eigenvalue weighted by atomic mass is 32.1. The summed E-state index contributed by atoms with van der Waals surface area (Å²) in [4.78, 5) is 27.5. The SMILES string of the molecule is CCOC(=O)Cc1csc(NC(=O)/C=C/c2ccc(OCC)cc2)n1. The molecule has 0 unspecified atom stereocenters. The number of rotatable bonds is 8. The highest BCUT2D eigenvalue weighted by Gasteiger charge is 2.09. The molecule has 0 fully saturated rings. The van der Waals surface area contributed by atoms with E-state index < -0.39 is 0 Å². The zero-order chi connectivity index (χ0) is 18.1. The first-order chi connectivity index (χ1) is 12.1. The first-order valence-corrected chi connectivity index (χ1v) is 8.80. The van der Waals surface area contributed by atoms with E-state index in [1.807, 2.05) is 31.2 Å². The minimum atomic E-state index is -0.332. The van der Waals surface area contributed by atoms with Crippen molar-refractivity contribution in [2.45, 2.75) is 20.3 Å². The van der Waals surface area contributed by atoms with Gasteiger partial charge in [-0.2, -0.15) is 0 Å². The fourth-order valence-electron chi connectivity index (χ4n) is 1.97. The molecule has 132 valence electrons. The van der Waals surface area contributed by atoms with Gasteiger partial charge < -0.3 is 9.47 Å². The molecule has 0 saturated carbocycles. The maximum Gasteiger partial charge on any atom is 0.311 e.